The number of hydrogen-bond acceptors (Lipinski definition) is 6. The molecule has 0 aromatic heterocycles. The number of benzene rings is 2. The number of carboxylic acids is 1. The van der Waals surface area contributed by atoms with E-state index >= 15 is 0 Å². The van der Waals surface area contributed by atoms with Gasteiger partial charge in [0.25, 0.3) is 0 Å². The molecule has 31 heavy (non-hydrogen) atoms. The molecule has 1 fully saturated rings. The van der Waals surface area contributed by atoms with Crippen molar-refractivity contribution in [1.82, 2.24) is 4.90 Å². The Kier molecular flexibility index (Phi) is 7.63. The molecule has 1 aliphatic heterocycles. The Morgan fingerprint density at radius 1 is 1.03 bits per heavy atom. The summed E-state index contributed by atoms with van der Waals surface area (Å²) < 4.78 is 22.4. The molecule has 2 aromatic carbocycles. The van der Waals surface area contributed by atoms with Crippen molar-refractivity contribution in [3.05, 3.63) is 47.5 Å². The quantitative estimate of drug-likeness (QED) is 0.646. The van der Waals surface area contributed by atoms with Gasteiger partial charge in [0.05, 0.1) is 39.9 Å². The molecular formula is C24H31NO6. The molecule has 1 atom stereocenters. The van der Waals surface area contributed by atoms with Crippen LogP contribution in [-0.4, -0.2) is 57.0 Å². The fourth-order valence-corrected chi connectivity index (χ4v) is 4.22. The standard InChI is InChI=1S/C24H31NO6/c1-5-31-19-8-6-7-17(13-19)22(25-11-9-16(10-12-25)24(26)27)18-14-20(28-2)23(30-4)21(15-18)29-3/h6-8,13-16,22H,5,9-12H2,1-4H3,(H,26,27). The van der Waals surface area contributed by atoms with Crippen LogP contribution in [0.4, 0.5) is 0 Å². The average molecular weight is 430 g/mol. The number of hydrogen-bond donors (Lipinski definition) is 1. The Morgan fingerprint density at radius 2 is 1.68 bits per heavy atom. The molecule has 0 amide bonds. The second kappa shape index (κ2) is 10.4. The second-order valence-corrected chi connectivity index (χ2v) is 7.52. The molecule has 0 saturated carbocycles. The van der Waals surface area contributed by atoms with E-state index in [1.807, 2.05) is 37.3 Å². The minimum absolute atomic E-state index is 0.108. The van der Waals surface area contributed by atoms with Gasteiger partial charge >= 0.3 is 5.97 Å². The maximum absolute atomic E-state index is 11.4. The molecule has 168 valence electrons. The van der Waals surface area contributed by atoms with E-state index in [9.17, 15) is 9.90 Å². The number of aliphatic carboxylic acids is 1. The van der Waals surface area contributed by atoms with Crippen LogP contribution in [0.1, 0.15) is 36.9 Å². The molecule has 1 aliphatic rings. The van der Waals surface area contributed by atoms with Gasteiger partial charge in [-0.15, -0.1) is 0 Å². The predicted molar refractivity (Wildman–Crippen MR) is 117 cm³/mol. The van der Waals surface area contributed by atoms with E-state index < -0.39 is 5.97 Å². The van der Waals surface area contributed by atoms with Crippen molar-refractivity contribution in [3.8, 4) is 23.0 Å². The third kappa shape index (κ3) is 5.05. The lowest BCUT2D eigenvalue weighted by molar-refractivity contribution is -0.143. The van der Waals surface area contributed by atoms with Crippen LogP contribution in [0.3, 0.4) is 0 Å². The Hall–Kier alpha value is -2.93. The van der Waals surface area contributed by atoms with Crippen LogP contribution < -0.4 is 18.9 Å². The Labute approximate surface area is 183 Å². The van der Waals surface area contributed by atoms with Gasteiger partial charge < -0.3 is 24.1 Å². The van der Waals surface area contributed by atoms with Gasteiger partial charge in [0.2, 0.25) is 5.75 Å². The largest absolute Gasteiger partial charge is 0.494 e. The van der Waals surface area contributed by atoms with Gasteiger partial charge in [-0.05, 0) is 68.2 Å². The van der Waals surface area contributed by atoms with E-state index in [1.165, 1.54) is 0 Å². The molecular weight excluding hydrogens is 398 g/mol. The van der Waals surface area contributed by atoms with E-state index in [0.717, 1.165) is 16.9 Å². The maximum Gasteiger partial charge on any atom is 0.306 e. The van der Waals surface area contributed by atoms with Crippen LogP contribution in [0.25, 0.3) is 0 Å². The smallest absolute Gasteiger partial charge is 0.306 e. The van der Waals surface area contributed by atoms with Gasteiger partial charge in [-0.3, -0.25) is 9.69 Å². The zero-order valence-electron chi connectivity index (χ0n) is 18.6. The predicted octanol–water partition coefficient (Wildman–Crippen LogP) is 4.00. The third-order valence-corrected chi connectivity index (χ3v) is 5.73. The van der Waals surface area contributed by atoms with Crippen molar-refractivity contribution in [3.63, 3.8) is 0 Å². The molecule has 0 aliphatic carbocycles. The van der Waals surface area contributed by atoms with Gasteiger partial charge in [-0.2, -0.15) is 0 Å². The molecule has 0 bridgehead atoms. The topological polar surface area (TPSA) is 77.5 Å². The minimum atomic E-state index is -0.720. The molecule has 1 unspecified atom stereocenters. The number of methoxy groups -OCH3 is 3. The normalized spacial score (nSPS) is 15.9. The van der Waals surface area contributed by atoms with Gasteiger partial charge in [-0.25, -0.2) is 0 Å². The number of likely N-dealkylation sites (tertiary alicyclic amines) is 1. The Balaban J connectivity index is 2.06. The zero-order chi connectivity index (χ0) is 22.4. The summed E-state index contributed by atoms with van der Waals surface area (Å²) in [5.74, 6) is 1.50. The van der Waals surface area contributed by atoms with E-state index in [4.69, 9.17) is 18.9 Å². The number of piperidine rings is 1. The van der Waals surface area contributed by atoms with Crippen molar-refractivity contribution < 1.29 is 28.8 Å². The highest BCUT2D eigenvalue weighted by molar-refractivity contribution is 5.70. The maximum atomic E-state index is 11.4. The van der Waals surface area contributed by atoms with Crippen molar-refractivity contribution >= 4 is 5.97 Å². The highest BCUT2D eigenvalue weighted by Crippen LogP contribution is 2.43. The summed E-state index contributed by atoms with van der Waals surface area (Å²) in [6.45, 7) is 3.90. The van der Waals surface area contributed by atoms with Crippen molar-refractivity contribution in [2.45, 2.75) is 25.8 Å². The van der Waals surface area contributed by atoms with Crippen LogP contribution in [-0.2, 0) is 4.79 Å². The molecule has 1 saturated heterocycles. The first-order valence-electron chi connectivity index (χ1n) is 10.5. The molecule has 7 nitrogen and oxygen atoms in total. The highest BCUT2D eigenvalue weighted by atomic mass is 16.5. The van der Waals surface area contributed by atoms with Crippen LogP contribution in [0, 0.1) is 5.92 Å². The fourth-order valence-electron chi connectivity index (χ4n) is 4.22. The SMILES string of the molecule is CCOc1cccc(C(c2cc(OC)c(OC)c(OC)c2)N2CCC(C(=O)O)CC2)c1. The fraction of sp³-hybridized carbons (Fsp3) is 0.458. The van der Waals surface area contributed by atoms with Crippen molar-refractivity contribution in [1.29, 1.82) is 0 Å². The summed E-state index contributed by atoms with van der Waals surface area (Å²) in [6, 6.07) is 11.8. The summed E-state index contributed by atoms with van der Waals surface area (Å²) in [5.41, 5.74) is 2.05. The summed E-state index contributed by atoms with van der Waals surface area (Å²) in [7, 11) is 4.79. The Bertz CT molecular complexity index is 866. The second-order valence-electron chi connectivity index (χ2n) is 7.52. The van der Waals surface area contributed by atoms with E-state index in [1.54, 1.807) is 21.3 Å². The lowest BCUT2D eigenvalue weighted by Crippen LogP contribution is -2.39. The van der Waals surface area contributed by atoms with Crippen LogP contribution in [0.2, 0.25) is 0 Å². The minimum Gasteiger partial charge on any atom is -0.494 e. The lowest BCUT2D eigenvalue weighted by atomic mass is 9.91. The summed E-state index contributed by atoms with van der Waals surface area (Å²) >= 11 is 0. The molecule has 1 heterocycles. The van der Waals surface area contributed by atoms with E-state index in [2.05, 4.69) is 11.0 Å². The number of carbonyl (C=O) groups is 1. The van der Waals surface area contributed by atoms with Gasteiger partial charge in [0.1, 0.15) is 5.75 Å². The van der Waals surface area contributed by atoms with Crippen molar-refractivity contribution in [2.75, 3.05) is 41.0 Å². The van der Waals surface area contributed by atoms with Gasteiger partial charge in [0.15, 0.2) is 11.5 Å². The number of nitrogens with zero attached hydrogens (tertiary/aromatic N) is 1. The van der Waals surface area contributed by atoms with Crippen molar-refractivity contribution in [2.24, 2.45) is 5.92 Å². The first-order chi connectivity index (χ1) is 15.0. The lowest BCUT2D eigenvalue weighted by Gasteiger charge is -2.37. The van der Waals surface area contributed by atoms with Crippen LogP contribution >= 0.6 is 0 Å². The van der Waals surface area contributed by atoms with E-state index in [0.29, 0.717) is 49.8 Å². The number of rotatable bonds is 9. The number of ether oxygens (including phenoxy) is 4. The Morgan fingerprint density at radius 3 is 2.19 bits per heavy atom. The first kappa shape index (κ1) is 22.7. The molecule has 7 heteroatoms. The third-order valence-electron chi connectivity index (χ3n) is 5.73. The molecule has 0 spiro atoms. The highest BCUT2D eigenvalue weighted by Gasteiger charge is 2.31. The first-order valence-corrected chi connectivity index (χ1v) is 10.5. The van der Waals surface area contributed by atoms with Crippen LogP contribution in [0.5, 0.6) is 23.0 Å². The molecule has 0 radical (unpaired) electrons. The average Bonchev–Trinajstić information content (AvgIpc) is 2.79. The number of carboxylic acid groups (broad SMARTS) is 1. The summed E-state index contributed by atoms with van der Waals surface area (Å²) in [4.78, 5) is 13.8. The summed E-state index contributed by atoms with van der Waals surface area (Å²) in [5, 5.41) is 9.40. The van der Waals surface area contributed by atoms with E-state index in [-0.39, 0.29) is 12.0 Å². The zero-order valence-corrected chi connectivity index (χ0v) is 18.6. The van der Waals surface area contributed by atoms with Gasteiger partial charge in [-0.1, -0.05) is 12.1 Å². The van der Waals surface area contributed by atoms with Gasteiger partial charge in [0, 0.05) is 0 Å². The van der Waals surface area contributed by atoms with Crippen LogP contribution in [0.15, 0.2) is 36.4 Å². The molecule has 1 N–H and O–H groups in total. The summed E-state index contributed by atoms with van der Waals surface area (Å²) in [6.07, 6.45) is 1.23. The molecule has 3 rings (SSSR count). The monoisotopic (exact) mass is 429 g/mol. The molecule has 2 aromatic rings.